The number of hydrogen-bond acceptors (Lipinski definition) is 4. The Labute approximate surface area is 68.9 Å². The molecule has 1 fully saturated rings. The van der Waals surface area contributed by atoms with Crippen LogP contribution in [-0.4, -0.2) is 42.1 Å². The fourth-order valence-electron chi connectivity index (χ4n) is 0.761. The van der Waals surface area contributed by atoms with Gasteiger partial charge in [-0.25, -0.2) is 0 Å². The lowest BCUT2D eigenvalue weighted by Gasteiger charge is -2.11. The number of carbonyl (C=O) groups excluding carboxylic acids is 2. The van der Waals surface area contributed by atoms with Crippen molar-refractivity contribution in [2.45, 2.75) is 0 Å². The summed E-state index contributed by atoms with van der Waals surface area (Å²) in [5.74, 6) is 0.742. The highest BCUT2D eigenvalue weighted by Gasteiger charge is 2.22. The summed E-state index contributed by atoms with van der Waals surface area (Å²) in [4.78, 5) is 23.1. The van der Waals surface area contributed by atoms with Gasteiger partial charge in [0, 0.05) is 0 Å². The molecule has 1 aliphatic rings. The summed E-state index contributed by atoms with van der Waals surface area (Å²) in [6.07, 6.45) is 0. The molecule has 0 radical (unpaired) electrons. The van der Waals surface area contributed by atoms with Crippen LogP contribution >= 0.6 is 11.8 Å². The van der Waals surface area contributed by atoms with Crippen LogP contribution in [0.2, 0.25) is 0 Å². The van der Waals surface area contributed by atoms with E-state index >= 15 is 0 Å². The summed E-state index contributed by atoms with van der Waals surface area (Å²) >= 11 is 1.51. The van der Waals surface area contributed by atoms with Gasteiger partial charge in [0.05, 0.1) is 18.7 Å². The minimum absolute atomic E-state index is 0.0143. The molecular formula is C6H9NO3S. The Morgan fingerprint density at radius 1 is 1.82 bits per heavy atom. The van der Waals surface area contributed by atoms with Gasteiger partial charge < -0.3 is 9.64 Å². The number of methoxy groups -OCH3 is 1. The number of hydrogen-bond donors (Lipinski definition) is 0. The third-order valence-electron chi connectivity index (χ3n) is 1.37. The summed E-state index contributed by atoms with van der Waals surface area (Å²) < 4.78 is 4.42. The van der Waals surface area contributed by atoms with Gasteiger partial charge in [-0.2, -0.15) is 0 Å². The lowest BCUT2D eigenvalue weighted by Crippen LogP contribution is -2.31. The van der Waals surface area contributed by atoms with Crippen molar-refractivity contribution in [3.05, 3.63) is 0 Å². The first-order valence-electron chi connectivity index (χ1n) is 3.16. The van der Waals surface area contributed by atoms with Gasteiger partial charge in [0.25, 0.3) is 0 Å². The van der Waals surface area contributed by atoms with E-state index in [9.17, 15) is 9.59 Å². The van der Waals surface area contributed by atoms with E-state index in [2.05, 4.69) is 4.74 Å². The SMILES string of the molecule is COC(=O)CN1CSCC1=O. The van der Waals surface area contributed by atoms with Crippen LogP contribution in [0.4, 0.5) is 0 Å². The van der Waals surface area contributed by atoms with Crippen molar-refractivity contribution in [3.8, 4) is 0 Å². The molecule has 4 nitrogen and oxygen atoms in total. The normalized spacial score (nSPS) is 17.2. The molecule has 0 aromatic heterocycles. The molecule has 0 unspecified atom stereocenters. The average molecular weight is 175 g/mol. The van der Waals surface area contributed by atoms with Gasteiger partial charge in [0.15, 0.2) is 0 Å². The van der Waals surface area contributed by atoms with Crippen LogP contribution < -0.4 is 0 Å². The van der Waals surface area contributed by atoms with Crippen molar-refractivity contribution in [2.24, 2.45) is 0 Å². The topological polar surface area (TPSA) is 46.6 Å². The second kappa shape index (κ2) is 3.61. The number of carbonyl (C=O) groups is 2. The number of thioether (sulfide) groups is 1. The van der Waals surface area contributed by atoms with E-state index < -0.39 is 0 Å². The predicted molar refractivity (Wildman–Crippen MR) is 41.1 cm³/mol. The van der Waals surface area contributed by atoms with Gasteiger partial charge >= 0.3 is 5.97 Å². The number of ether oxygens (including phenoxy) is 1. The highest BCUT2D eigenvalue weighted by atomic mass is 32.2. The first-order valence-corrected chi connectivity index (χ1v) is 4.32. The summed E-state index contributed by atoms with van der Waals surface area (Å²) in [6, 6.07) is 0. The van der Waals surface area contributed by atoms with Crippen molar-refractivity contribution in [1.82, 2.24) is 4.90 Å². The standard InChI is InChI=1S/C6H9NO3S/c1-10-6(9)2-7-4-11-3-5(7)8/h2-4H2,1H3. The molecule has 11 heavy (non-hydrogen) atoms. The fraction of sp³-hybridized carbons (Fsp3) is 0.667. The number of esters is 1. The van der Waals surface area contributed by atoms with E-state index in [1.165, 1.54) is 23.8 Å². The highest BCUT2D eigenvalue weighted by molar-refractivity contribution is 8.00. The fourth-order valence-corrected chi connectivity index (χ4v) is 1.66. The smallest absolute Gasteiger partial charge is 0.325 e. The Hall–Kier alpha value is -0.710. The average Bonchev–Trinajstić information content (AvgIpc) is 2.37. The van der Waals surface area contributed by atoms with Gasteiger partial charge in [-0.3, -0.25) is 9.59 Å². The van der Waals surface area contributed by atoms with Crippen molar-refractivity contribution < 1.29 is 14.3 Å². The second-order valence-corrected chi connectivity index (χ2v) is 3.10. The van der Waals surface area contributed by atoms with Crippen molar-refractivity contribution in [1.29, 1.82) is 0 Å². The maximum atomic E-state index is 10.9. The second-order valence-electron chi connectivity index (χ2n) is 2.15. The van der Waals surface area contributed by atoms with Crippen LogP contribution in [0, 0.1) is 0 Å². The molecule has 0 aromatic carbocycles. The molecule has 1 saturated heterocycles. The van der Waals surface area contributed by atoms with Crippen molar-refractivity contribution in [2.75, 3.05) is 25.3 Å². The van der Waals surface area contributed by atoms with Crippen LogP contribution in [0.15, 0.2) is 0 Å². The lowest BCUT2D eigenvalue weighted by atomic mass is 10.5. The molecule has 5 heteroatoms. The van der Waals surface area contributed by atoms with Gasteiger partial charge in [-0.15, -0.1) is 11.8 Å². The Bertz CT molecular complexity index is 183. The Kier molecular flexibility index (Phi) is 2.76. The zero-order valence-electron chi connectivity index (χ0n) is 6.20. The third kappa shape index (κ3) is 2.11. The van der Waals surface area contributed by atoms with E-state index in [4.69, 9.17) is 0 Å². The molecular weight excluding hydrogens is 166 g/mol. The molecule has 1 heterocycles. The molecule has 0 saturated carbocycles. The van der Waals surface area contributed by atoms with Crippen LogP contribution in [0.25, 0.3) is 0 Å². The van der Waals surface area contributed by atoms with E-state index in [-0.39, 0.29) is 18.4 Å². The monoisotopic (exact) mass is 175 g/mol. The maximum Gasteiger partial charge on any atom is 0.325 e. The van der Waals surface area contributed by atoms with E-state index in [1.807, 2.05) is 0 Å². The van der Waals surface area contributed by atoms with Crippen LogP contribution in [0.1, 0.15) is 0 Å². The lowest BCUT2D eigenvalue weighted by molar-refractivity contribution is -0.145. The Morgan fingerprint density at radius 2 is 2.55 bits per heavy atom. The summed E-state index contributed by atoms with van der Waals surface area (Å²) in [5.41, 5.74) is 0. The van der Waals surface area contributed by atoms with E-state index in [1.54, 1.807) is 0 Å². The molecule has 0 bridgehead atoms. The first kappa shape index (κ1) is 8.39. The molecule has 0 aliphatic carbocycles. The number of nitrogens with zero attached hydrogens (tertiary/aromatic N) is 1. The predicted octanol–water partition coefficient (Wildman–Crippen LogP) is -0.308. The van der Waals surface area contributed by atoms with Crippen molar-refractivity contribution >= 4 is 23.6 Å². The molecule has 0 spiro atoms. The zero-order chi connectivity index (χ0) is 8.27. The van der Waals surface area contributed by atoms with E-state index in [0.717, 1.165) is 0 Å². The molecule has 0 atom stereocenters. The molecule has 1 rings (SSSR count). The van der Waals surface area contributed by atoms with Crippen molar-refractivity contribution in [3.63, 3.8) is 0 Å². The number of amides is 1. The van der Waals surface area contributed by atoms with Gasteiger partial charge in [0.2, 0.25) is 5.91 Å². The van der Waals surface area contributed by atoms with Crippen LogP contribution in [0.5, 0.6) is 0 Å². The van der Waals surface area contributed by atoms with Crippen LogP contribution in [-0.2, 0) is 14.3 Å². The summed E-state index contributed by atoms with van der Waals surface area (Å²) in [5, 5.41) is 0. The summed E-state index contributed by atoms with van der Waals surface area (Å²) in [6.45, 7) is 0.0856. The molecule has 1 amide bonds. The van der Waals surface area contributed by atoms with E-state index in [0.29, 0.717) is 11.6 Å². The largest absolute Gasteiger partial charge is 0.468 e. The quantitative estimate of drug-likeness (QED) is 0.540. The summed E-state index contributed by atoms with van der Waals surface area (Å²) in [7, 11) is 1.32. The Morgan fingerprint density at radius 3 is 3.00 bits per heavy atom. The first-order chi connectivity index (χ1) is 5.24. The maximum absolute atomic E-state index is 10.9. The number of rotatable bonds is 2. The van der Waals surface area contributed by atoms with Gasteiger partial charge in [0.1, 0.15) is 6.54 Å². The molecule has 0 aromatic rings. The third-order valence-corrected chi connectivity index (χ3v) is 2.32. The minimum atomic E-state index is -0.360. The molecule has 1 aliphatic heterocycles. The molecule has 62 valence electrons. The van der Waals surface area contributed by atoms with Crippen LogP contribution in [0.3, 0.4) is 0 Å². The zero-order valence-corrected chi connectivity index (χ0v) is 7.02. The minimum Gasteiger partial charge on any atom is -0.468 e. The van der Waals surface area contributed by atoms with Gasteiger partial charge in [-0.05, 0) is 0 Å². The highest BCUT2D eigenvalue weighted by Crippen LogP contribution is 2.13. The van der Waals surface area contributed by atoms with Gasteiger partial charge in [-0.1, -0.05) is 0 Å². The molecule has 0 N–H and O–H groups in total. The Balaban J connectivity index is 2.36.